The van der Waals surface area contributed by atoms with Crippen molar-refractivity contribution >= 4 is 5.78 Å². The van der Waals surface area contributed by atoms with Crippen LogP contribution in [0.5, 0.6) is 0 Å². The first-order valence-corrected chi connectivity index (χ1v) is 3.39. The van der Waals surface area contributed by atoms with E-state index in [4.69, 9.17) is 0 Å². The standard InChI is InChI=1S/C8H8NO/c10-8-4-6-9-5-2-1-3-7(8)9/h1-3,5H,4,6H2/q+1. The van der Waals surface area contributed by atoms with Gasteiger partial charge in [0.1, 0.15) is 0 Å². The zero-order valence-corrected chi connectivity index (χ0v) is 5.58. The third-order valence-corrected chi connectivity index (χ3v) is 1.81. The number of fused-ring (bicyclic) bond motifs is 1. The fourth-order valence-corrected chi connectivity index (χ4v) is 1.27. The minimum Gasteiger partial charge on any atom is -0.287 e. The highest BCUT2D eigenvalue weighted by molar-refractivity contribution is 5.93. The van der Waals surface area contributed by atoms with E-state index in [0.29, 0.717) is 6.42 Å². The molecule has 0 unspecified atom stereocenters. The van der Waals surface area contributed by atoms with Gasteiger partial charge in [0.15, 0.2) is 12.7 Å². The summed E-state index contributed by atoms with van der Waals surface area (Å²) in [6.45, 7) is 0.856. The summed E-state index contributed by atoms with van der Waals surface area (Å²) in [5.74, 6) is 0.264. The zero-order valence-electron chi connectivity index (χ0n) is 5.58. The van der Waals surface area contributed by atoms with Gasteiger partial charge in [0.25, 0.3) is 0 Å². The summed E-state index contributed by atoms with van der Waals surface area (Å²) in [6.07, 6.45) is 2.62. The van der Waals surface area contributed by atoms with Crippen LogP contribution in [0.4, 0.5) is 0 Å². The van der Waals surface area contributed by atoms with E-state index in [0.717, 1.165) is 12.2 Å². The number of carbonyl (C=O) groups excluding carboxylic acids is 1. The molecule has 2 heteroatoms. The smallest absolute Gasteiger partial charge is 0.248 e. The minimum absolute atomic E-state index is 0.264. The molecule has 10 heavy (non-hydrogen) atoms. The topological polar surface area (TPSA) is 20.9 Å². The van der Waals surface area contributed by atoms with Crippen molar-refractivity contribution in [2.45, 2.75) is 13.0 Å². The average molecular weight is 134 g/mol. The van der Waals surface area contributed by atoms with Gasteiger partial charge in [-0.15, -0.1) is 0 Å². The van der Waals surface area contributed by atoms with Crippen LogP contribution >= 0.6 is 0 Å². The third-order valence-electron chi connectivity index (χ3n) is 1.81. The molecule has 0 radical (unpaired) electrons. The second-order valence-electron chi connectivity index (χ2n) is 2.45. The maximum Gasteiger partial charge on any atom is 0.248 e. The van der Waals surface area contributed by atoms with Crippen LogP contribution in [0.2, 0.25) is 0 Å². The molecule has 0 spiro atoms. The fourth-order valence-electron chi connectivity index (χ4n) is 1.27. The maximum absolute atomic E-state index is 11.0. The lowest BCUT2D eigenvalue weighted by Crippen LogP contribution is -2.32. The quantitative estimate of drug-likeness (QED) is 0.475. The predicted molar refractivity (Wildman–Crippen MR) is 35.6 cm³/mol. The van der Waals surface area contributed by atoms with Crippen molar-refractivity contribution in [2.75, 3.05) is 0 Å². The molecular weight excluding hydrogens is 126 g/mol. The van der Waals surface area contributed by atoms with E-state index in [1.54, 1.807) is 0 Å². The highest BCUT2D eigenvalue weighted by Crippen LogP contribution is 2.03. The highest BCUT2D eigenvalue weighted by Gasteiger charge is 2.25. The molecule has 0 aliphatic carbocycles. The second kappa shape index (κ2) is 1.90. The van der Waals surface area contributed by atoms with Crippen LogP contribution in [0.3, 0.4) is 0 Å². The first kappa shape index (κ1) is 5.59. The Balaban J connectivity index is 2.61. The van der Waals surface area contributed by atoms with Gasteiger partial charge < -0.3 is 0 Å². The van der Waals surface area contributed by atoms with Gasteiger partial charge in [-0.2, -0.15) is 4.57 Å². The molecule has 0 saturated carbocycles. The minimum atomic E-state index is 0.264. The lowest BCUT2D eigenvalue weighted by molar-refractivity contribution is -0.689. The number of carbonyl (C=O) groups is 1. The Kier molecular flexibility index (Phi) is 1.07. The van der Waals surface area contributed by atoms with Gasteiger partial charge in [-0.05, 0) is 6.07 Å². The third kappa shape index (κ3) is 0.652. The van der Waals surface area contributed by atoms with Crippen molar-refractivity contribution < 1.29 is 9.36 Å². The van der Waals surface area contributed by atoms with E-state index in [1.165, 1.54) is 0 Å². The summed E-state index contributed by atoms with van der Waals surface area (Å²) in [5, 5.41) is 0. The van der Waals surface area contributed by atoms with Crippen molar-refractivity contribution in [1.29, 1.82) is 0 Å². The number of hydrogen-bond acceptors (Lipinski definition) is 1. The summed E-state index contributed by atoms with van der Waals surface area (Å²) in [7, 11) is 0. The van der Waals surface area contributed by atoms with Gasteiger partial charge in [0.2, 0.25) is 11.5 Å². The molecule has 2 rings (SSSR count). The Morgan fingerprint density at radius 1 is 1.40 bits per heavy atom. The molecule has 1 aliphatic heterocycles. The monoisotopic (exact) mass is 134 g/mol. The second-order valence-corrected chi connectivity index (χ2v) is 2.45. The maximum atomic E-state index is 11.0. The predicted octanol–water partition coefficient (Wildman–Crippen LogP) is 0.560. The van der Waals surface area contributed by atoms with Gasteiger partial charge >= 0.3 is 0 Å². The normalized spacial score (nSPS) is 15.4. The lowest BCUT2D eigenvalue weighted by Gasteiger charge is -1.85. The zero-order chi connectivity index (χ0) is 6.97. The molecule has 1 aliphatic rings. The van der Waals surface area contributed by atoms with E-state index < -0.39 is 0 Å². The van der Waals surface area contributed by atoms with Crippen LogP contribution in [0.15, 0.2) is 24.4 Å². The lowest BCUT2D eigenvalue weighted by atomic mass is 10.2. The molecule has 0 saturated heterocycles. The van der Waals surface area contributed by atoms with Crippen LogP contribution in [-0.4, -0.2) is 5.78 Å². The Morgan fingerprint density at radius 3 is 3.10 bits per heavy atom. The molecule has 2 nitrogen and oxygen atoms in total. The van der Waals surface area contributed by atoms with Crippen molar-refractivity contribution in [1.82, 2.24) is 0 Å². The summed E-state index contributed by atoms with van der Waals surface area (Å²) in [6, 6.07) is 5.71. The van der Waals surface area contributed by atoms with Crippen LogP contribution in [0, 0.1) is 0 Å². The van der Waals surface area contributed by atoms with Gasteiger partial charge in [-0.1, -0.05) is 0 Å². The van der Waals surface area contributed by atoms with Crippen LogP contribution in [-0.2, 0) is 6.54 Å². The number of aryl methyl sites for hydroxylation is 1. The van der Waals surface area contributed by atoms with Gasteiger partial charge in [-0.3, -0.25) is 4.79 Å². The number of hydrogen-bond donors (Lipinski definition) is 0. The summed E-state index contributed by atoms with van der Waals surface area (Å²) < 4.78 is 1.99. The van der Waals surface area contributed by atoms with Crippen LogP contribution in [0.1, 0.15) is 16.9 Å². The number of rotatable bonds is 0. The Bertz CT molecular complexity index is 280. The Labute approximate surface area is 59.1 Å². The van der Waals surface area contributed by atoms with Crippen molar-refractivity contribution in [2.24, 2.45) is 0 Å². The van der Waals surface area contributed by atoms with Crippen molar-refractivity contribution in [3.8, 4) is 0 Å². The number of ketones is 1. The summed E-state index contributed by atoms with van der Waals surface area (Å²) >= 11 is 0. The van der Waals surface area contributed by atoms with E-state index in [-0.39, 0.29) is 5.78 Å². The Morgan fingerprint density at radius 2 is 2.30 bits per heavy atom. The Hall–Kier alpha value is -1.18. The largest absolute Gasteiger partial charge is 0.287 e. The molecule has 2 heterocycles. The molecule has 0 fully saturated rings. The molecule has 50 valence electrons. The summed E-state index contributed by atoms with van der Waals surface area (Å²) in [4.78, 5) is 11.0. The first-order valence-electron chi connectivity index (χ1n) is 3.39. The number of nitrogens with zero attached hydrogens (tertiary/aromatic N) is 1. The van der Waals surface area contributed by atoms with Crippen LogP contribution < -0.4 is 4.57 Å². The molecule has 1 aromatic heterocycles. The number of pyridine rings is 1. The van der Waals surface area contributed by atoms with Crippen molar-refractivity contribution in [3.63, 3.8) is 0 Å². The highest BCUT2D eigenvalue weighted by atomic mass is 16.1. The molecule has 0 N–H and O–H groups in total. The average Bonchev–Trinajstić information content (AvgIpc) is 2.34. The van der Waals surface area contributed by atoms with Crippen molar-refractivity contribution in [3.05, 3.63) is 30.1 Å². The van der Waals surface area contributed by atoms with Crippen LogP contribution in [0.25, 0.3) is 0 Å². The fraction of sp³-hybridized carbons (Fsp3) is 0.250. The first-order chi connectivity index (χ1) is 4.88. The number of Topliss-reactive ketones (excluding diaryl/α,β-unsaturated/α-hetero) is 1. The van der Waals surface area contributed by atoms with E-state index in [9.17, 15) is 4.79 Å². The van der Waals surface area contributed by atoms with Gasteiger partial charge in [-0.25, -0.2) is 0 Å². The molecule has 0 atom stereocenters. The van der Waals surface area contributed by atoms with Gasteiger partial charge in [0, 0.05) is 12.1 Å². The van der Waals surface area contributed by atoms with E-state index in [2.05, 4.69) is 0 Å². The molecule has 1 aromatic rings. The molecule has 0 bridgehead atoms. The van der Waals surface area contributed by atoms with E-state index >= 15 is 0 Å². The number of aromatic nitrogens is 1. The SMILES string of the molecule is O=C1CC[n+]2ccccc21. The van der Waals surface area contributed by atoms with E-state index in [1.807, 2.05) is 29.0 Å². The van der Waals surface area contributed by atoms with Gasteiger partial charge in [0.05, 0.1) is 6.42 Å². The molecule has 0 amide bonds. The molecule has 0 aromatic carbocycles. The molecular formula is C8H8NO+. The summed E-state index contributed by atoms with van der Waals surface area (Å²) in [5.41, 5.74) is 0.850.